The van der Waals surface area contributed by atoms with Gasteiger partial charge in [0, 0.05) is 18.5 Å². The van der Waals surface area contributed by atoms with Crippen molar-refractivity contribution >= 4 is 6.09 Å². The highest BCUT2D eigenvalue weighted by Gasteiger charge is 2.11. The summed E-state index contributed by atoms with van der Waals surface area (Å²) >= 11 is 0. The first-order valence-corrected chi connectivity index (χ1v) is 10.8. The van der Waals surface area contributed by atoms with Gasteiger partial charge in [0.05, 0.1) is 12.3 Å². The Morgan fingerprint density at radius 2 is 1.61 bits per heavy atom. The van der Waals surface area contributed by atoms with Gasteiger partial charge in [-0.2, -0.15) is 0 Å². The molecule has 33 heavy (non-hydrogen) atoms. The molecule has 0 aliphatic heterocycles. The van der Waals surface area contributed by atoms with Crippen LogP contribution >= 0.6 is 0 Å². The third-order valence-corrected chi connectivity index (χ3v) is 5.11. The maximum atomic E-state index is 12.0. The number of amides is 1. The second kappa shape index (κ2) is 10.5. The minimum Gasteiger partial charge on any atom is -0.493 e. The smallest absolute Gasteiger partial charge is 0.412 e. The Balaban J connectivity index is 1.22. The summed E-state index contributed by atoms with van der Waals surface area (Å²) in [6.07, 6.45) is 0.160. The molecule has 4 rings (SSSR count). The number of aromatic nitrogens is 1. The van der Waals surface area contributed by atoms with Crippen LogP contribution in [0.1, 0.15) is 22.6 Å². The van der Waals surface area contributed by atoms with Gasteiger partial charge in [0.15, 0.2) is 0 Å². The van der Waals surface area contributed by atoms with Gasteiger partial charge in [0.1, 0.15) is 17.3 Å². The van der Waals surface area contributed by atoms with E-state index in [1.165, 1.54) is 0 Å². The lowest BCUT2D eigenvalue weighted by Crippen LogP contribution is -2.26. The molecule has 1 heterocycles. The van der Waals surface area contributed by atoms with Gasteiger partial charge < -0.3 is 19.2 Å². The Hall–Kier alpha value is -4.06. The molecule has 1 aromatic heterocycles. The molecular formula is C27H26N2O4. The van der Waals surface area contributed by atoms with E-state index in [2.05, 4.69) is 10.3 Å². The maximum Gasteiger partial charge on any atom is 0.412 e. The normalized spacial score (nSPS) is 10.6. The number of carbonyl (C=O) groups excluding carboxylic acids is 1. The van der Waals surface area contributed by atoms with Crippen LogP contribution < -0.4 is 14.8 Å². The van der Waals surface area contributed by atoms with Crippen molar-refractivity contribution in [1.82, 2.24) is 10.3 Å². The Kier molecular flexibility index (Phi) is 7.05. The highest BCUT2D eigenvalue weighted by molar-refractivity contribution is 5.70. The van der Waals surface area contributed by atoms with Crippen LogP contribution in [0.3, 0.4) is 0 Å². The van der Waals surface area contributed by atoms with E-state index in [1.54, 1.807) is 12.1 Å². The van der Waals surface area contributed by atoms with Gasteiger partial charge in [0.2, 0.25) is 5.89 Å². The Morgan fingerprint density at radius 3 is 2.33 bits per heavy atom. The summed E-state index contributed by atoms with van der Waals surface area (Å²) in [4.78, 5) is 16.6. The van der Waals surface area contributed by atoms with Crippen LogP contribution in [0.5, 0.6) is 11.5 Å². The monoisotopic (exact) mass is 442 g/mol. The average Bonchev–Trinajstić information content (AvgIpc) is 3.21. The Labute approximate surface area is 193 Å². The van der Waals surface area contributed by atoms with Gasteiger partial charge in [-0.1, -0.05) is 48.0 Å². The minimum absolute atomic E-state index is 0.366. The predicted octanol–water partition coefficient (Wildman–Crippen LogP) is 5.87. The molecule has 6 heteroatoms. The van der Waals surface area contributed by atoms with Crippen molar-refractivity contribution < 1.29 is 18.7 Å². The van der Waals surface area contributed by atoms with Gasteiger partial charge in [-0.05, 0) is 55.8 Å². The van der Waals surface area contributed by atoms with Crippen LogP contribution in [0.4, 0.5) is 4.79 Å². The molecule has 0 unspecified atom stereocenters. The second-order valence-corrected chi connectivity index (χ2v) is 7.69. The quantitative estimate of drug-likeness (QED) is 0.369. The zero-order valence-electron chi connectivity index (χ0n) is 18.7. The molecule has 1 amide bonds. The highest BCUT2D eigenvalue weighted by atomic mass is 16.6. The fourth-order valence-corrected chi connectivity index (χ4v) is 3.26. The predicted molar refractivity (Wildman–Crippen MR) is 126 cm³/mol. The van der Waals surface area contributed by atoms with Crippen LogP contribution in [-0.2, 0) is 13.0 Å². The molecule has 0 bridgehead atoms. The van der Waals surface area contributed by atoms with Crippen molar-refractivity contribution in [2.45, 2.75) is 26.8 Å². The van der Waals surface area contributed by atoms with Crippen molar-refractivity contribution in [3.05, 3.63) is 101 Å². The summed E-state index contributed by atoms with van der Waals surface area (Å²) < 4.78 is 16.9. The van der Waals surface area contributed by atoms with Crippen molar-refractivity contribution in [2.24, 2.45) is 0 Å². The summed E-state index contributed by atoms with van der Waals surface area (Å²) in [6.45, 7) is 4.75. The number of rotatable bonds is 8. The lowest BCUT2D eigenvalue weighted by atomic mass is 10.2. The van der Waals surface area contributed by atoms with Gasteiger partial charge in [-0.15, -0.1) is 0 Å². The number of oxazole rings is 1. The number of hydrogen-bond acceptors (Lipinski definition) is 5. The number of benzene rings is 3. The fourth-order valence-electron chi connectivity index (χ4n) is 3.26. The van der Waals surface area contributed by atoms with Crippen molar-refractivity contribution in [2.75, 3.05) is 6.61 Å². The molecule has 0 atom stereocenters. The zero-order valence-corrected chi connectivity index (χ0v) is 18.7. The summed E-state index contributed by atoms with van der Waals surface area (Å²) in [5, 5.41) is 2.75. The summed E-state index contributed by atoms with van der Waals surface area (Å²) in [5.74, 6) is 2.70. The van der Waals surface area contributed by atoms with Crippen molar-refractivity contribution in [3.8, 4) is 23.0 Å². The van der Waals surface area contributed by atoms with E-state index in [0.717, 1.165) is 33.9 Å². The third-order valence-electron chi connectivity index (χ3n) is 5.11. The van der Waals surface area contributed by atoms with Crippen LogP contribution in [0, 0.1) is 13.8 Å². The lowest BCUT2D eigenvalue weighted by Gasteiger charge is -2.08. The summed E-state index contributed by atoms with van der Waals surface area (Å²) in [5.41, 5.74) is 3.91. The standard InChI is InChI=1S/C27H26N2O4/c1-19-8-12-24(13-9-19)33-27(30)28-18-21-10-14-23(15-11-21)31-17-16-25-20(2)32-26(29-25)22-6-4-3-5-7-22/h3-15H,16-18H2,1-2H3,(H,28,30). The molecule has 3 aromatic carbocycles. The van der Waals surface area contributed by atoms with Crippen molar-refractivity contribution in [3.63, 3.8) is 0 Å². The third kappa shape index (κ3) is 6.23. The van der Waals surface area contributed by atoms with Gasteiger partial charge in [0.25, 0.3) is 0 Å². The molecule has 168 valence electrons. The van der Waals surface area contributed by atoms with E-state index in [1.807, 2.05) is 80.6 Å². The first-order chi connectivity index (χ1) is 16.1. The number of nitrogens with zero attached hydrogens (tertiary/aromatic N) is 1. The van der Waals surface area contributed by atoms with Crippen LogP contribution in [0.2, 0.25) is 0 Å². The van der Waals surface area contributed by atoms with E-state index < -0.39 is 6.09 Å². The summed E-state index contributed by atoms with van der Waals surface area (Å²) in [7, 11) is 0. The number of ether oxygens (including phenoxy) is 2. The lowest BCUT2D eigenvalue weighted by molar-refractivity contribution is 0.200. The minimum atomic E-state index is -0.489. The molecule has 0 aliphatic rings. The molecule has 0 spiro atoms. The number of hydrogen-bond donors (Lipinski definition) is 1. The molecule has 0 radical (unpaired) electrons. The van der Waals surface area contributed by atoms with Gasteiger partial charge in [-0.3, -0.25) is 0 Å². The first kappa shape index (κ1) is 22.1. The second-order valence-electron chi connectivity index (χ2n) is 7.69. The molecule has 0 aliphatic carbocycles. The Morgan fingerprint density at radius 1 is 0.909 bits per heavy atom. The fraction of sp³-hybridized carbons (Fsp3) is 0.185. The zero-order chi connectivity index (χ0) is 23.0. The molecule has 1 N–H and O–H groups in total. The molecule has 0 saturated heterocycles. The van der Waals surface area contributed by atoms with Crippen LogP contribution in [0.25, 0.3) is 11.5 Å². The number of carbonyl (C=O) groups is 1. The van der Waals surface area contributed by atoms with Crippen LogP contribution in [0.15, 0.2) is 83.3 Å². The molecule has 0 fully saturated rings. The SMILES string of the molecule is Cc1ccc(OC(=O)NCc2ccc(OCCc3nc(-c4ccccc4)oc3C)cc2)cc1. The van der Waals surface area contributed by atoms with Crippen LogP contribution in [-0.4, -0.2) is 17.7 Å². The number of nitrogens with one attached hydrogen (secondary N) is 1. The van der Waals surface area contributed by atoms with Gasteiger partial charge in [-0.25, -0.2) is 9.78 Å². The van der Waals surface area contributed by atoms with Crippen molar-refractivity contribution in [1.29, 1.82) is 0 Å². The Bertz CT molecular complexity index is 1180. The van der Waals surface area contributed by atoms with E-state index in [-0.39, 0.29) is 0 Å². The first-order valence-electron chi connectivity index (χ1n) is 10.8. The topological polar surface area (TPSA) is 73.6 Å². The molecular weight excluding hydrogens is 416 g/mol. The van der Waals surface area contributed by atoms with E-state index >= 15 is 0 Å². The van der Waals surface area contributed by atoms with E-state index in [0.29, 0.717) is 31.2 Å². The van der Waals surface area contributed by atoms with E-state index in [9.17, 15) is 4.79 Å². The average molecular weight is 443 g/mol. The summed E-state index contributed by atoms with van der Waals surface area (Å²) in [6, 6.07) is 24.8. The maximum absolute atomic E-state index is 12.0. The highest BCUT2D eigenvalue weighted by Crippen LogP contribution is 2.22. The van der Waals surface area contributed by atoms with E-state index in [4.69, 9.17) is 13.9 Å². The van der Waals surface area contributed by atoms with Gasteiger partial charge >= 0.3 is 6.09 Å². The largest absolute Gasteiger partial charge is 0.493 e. The number of aryl methyl sites for hydroxylation is 2. The molecule has 6 nitrogen and oxygen atoms in total. The molecule has 4 aromatic rings. The molecule has 0 saturated carbocycles.